The van der Waals surface area contributed by atoms with Gasteiger partial charge in [-0.3, -0.25) is 0 Å². The number of hydrogen-bond donors (Lipinski definition) is 1. The summed E-state index contributed by atoms with van der Waals surface area (Å²) in [6.07, 6.45) is 8.34. The second kappa shape index (κ2) is 5.19. The molecular formula is C12H20N2O. The smallest absolute Gasteiger partial charge is 0.285 e. The van der Waals surface area contributed by atoms with Crippen LogP contribution in [-0.4, -0.2) is 25.2 Å². The largest absolute Gasteiger partial charge is 0.463 e. The van der Waals surface area contributed by atoms with Crippen molar-refractivity contribution in [3.63, 3.8) is 0 Å². The Bertz CT molecular complexity index is 250. The average molecular weight is 208 g/mol. The van der Waals surface area contributed by atoms with Crippen molar-refractivity contribution in [3.05, 3.63) is 12.7 Å². The maximum atomic E-state index is 5.40. The van der Waals surface area contributed by atoms with Crippen LogP contribution in [0.3, 0.4) is 0 Å². The molecule has 0 bridgehead atoms. The number of nitrogens with zero attached hydrogens (tertiary/aromatic N) is 1. The zero-order valence-electron chi connectivity index (χ0n) is 9.24. The van der Waals surface area contributed by atoms with E-state index in [2.05, 4.69) is 16.9 Å². The lowest BCUT2D eigenvalue weighted by atomic mass is 9.82. The van der Waals surface area contributed by atoms with E-state index in [1.165, 1.54) is 25.7 Å². The molecule has 0 radical (unpaired) electrons. The summed E-state index contributed by atoms with van der Waals surface area (Å²) in [6.45, 7) is 5.38. The highest BCUT2D eigenvalue weighted by Crippen LogP contribution is 2.27. The van der Waals surface area contributed by atoms with Crippen LogP contribution in [0.25, 0.3) is 0 Å². The van der Waals surface area contributed by atoms with Crippen LogP contribution in [0.2, 0.25) is 0 Å². The maximum Gasteiger partial charge on any atom is 0.285 e. The summed E-state index contributed by atoms with van der Waals surface area (Å²) in [5, 5.41) is 3.43. The monoisotopic (exact) mass is 208 g/mol. The number of allylic oxidation sites excluding steroid dienone is 1. The van der Waals surface area contributed by atoms with E-state index in [4.69, 9.17) is 4.74 Å². The molecule has 0 spiro atoms. The zero-order chi connectivity index (χ0) is 10.5. The third-order valence-electron chi connectivity index (χ3n) is 3.27. The van der Waals surface area contributed by atoms with Gasteiger partial charge in [-0.1, -0.05) is 18.9 Å². The van der Waals surface area contributed by atoms with Gasteiger partial charge >= 0.3 is 0 Å². The van der Waals surface area contributed by atoms with Crippen LogP contribution in [0.1, 0.15) is 32.1 Å². The van der Waals surface area contributed by atoms with Gasteiger partial charge in [-0.15, -0.1) is 6.58 Å². The molecule has 1 unspecified atom stereocenters. The summed E-state index contributed by atoms with van der Waals surface area (Å²) in [4.78, 5) is 4.28. The molecule has 1 N–H and O–H groups in total. The molecule has 3 nitrogen and oxygen atoms in total. The van der Waals surface area contributed by atoms with E-state index in [9.17, 15) is 0 Å². The van der Waals surface area contributed by atoms with Crippen LogP contribution in [0.4, 0.5) is 0 Å². The Morgan fingerprint density at radius 1 is 1.47 bits per heavy atom. The Balaban J connectivity index is 1.88. The molecule has 0 aromatic heterocycles. The number of amidine groups is 1. The molecule has 2 aliphatic rings. The predicted octanol–water partition coefficient (Wildman–Crippen LogP) is 2.10. The summed E-state index contributed by atoms with van der Waals surface area (Å²) in [7, 11) is 0. The van der Waals surface area contributed by atoms with E-state index in [-0.39, 0.29) is 0 Å². The van der Waals surface area contributed by atoms with Gasteiger partial charge in [-0.2, -0.15) is 0 Å². The first-order valence-corrected chi connectivity index (χ1v) is 5.95. The van der Waals surface area contributed by atoms with E-state index in [0.717, 1.165) is 25.6 Å². The van der Waals surface area contributed by atoms with Crippen LogP contribution in [0, 0.1) is 5.92 Å². The maximum absolute atomic E-state index is 5.40. The Morgan fingerprint density at radius 2 is 2.33 bits per heavy atom. The van der Waals surface area contributed by atoms with E-state index in [1.807, 2.05) is 6.08 Å². The van der Waals surface area contributed by atoms with Crippen molar-refractivity contribution in [3.8, 4) is 0 Å². The predicted molar refractivity (Wildman–Crippen MR) is 61.9 cm³/mol. The van der Waals surface area contributed by atoms with Gasteiger partial charge in [0.1, 0.15) is 6.61 Å². The third-order valence-corrected chi connectivity index (χ3v) is 3.27. The summed E-state index contributed by atoms with van der Waals surface area (Å²) in [6, 6.07) is 1.30. The molecule has 2 atom stereocenters. The van der Waals surface area contributed by atoms with Crippen LogP contribution in [0.5, 0.6) is 0 Å². The van der Waals surface area contributed by atoms with Crippen LogP contribution in [-0.2, 0) is 4.74 Å². The topological polar surface area (TPSA) is 33.6 Å². The zero-order valence-corrected chi connectivity index (χ0v) is 9.24. The number of ether oxygens (including phenoxy) is 1. The van der Waals surface area contributed by atoms with Crippen LogP contribution in [0.15, 0.2) is 17.6 Å². The summed E-state index contributed by atoms with van der Waals surface area (Å²) < 4.78 is 5.40. The Labute approximate surface area is 91.6 Å². The molecule has 1 aliphatic carbocycles. The highest BCUT2D eigenvalue weighted by Gasteiger charge is 2.25. The lowest BCUT2D eigenvalue weighted by molar-refractivity contribution is 0.262. The second-order valence-electron chi connectivity index (χ2n) is 4.36. The number of aliphatic imine (C=N–C) groups is 1. The molecule has 0 aromatic carbocycles. The highest BCUT2D eigenvalue weighted by atomic mass is 16.5. The third kappa shape index (κ3) is 2.74. The first-order valence-electron chi connectivity index (χ1n) is 5.95. The molecule has 2 rings (SSSR count). The van der Waals surface area contributed by atoms with Gasteiger partial charge in [0.15, 0.2) is 0 Å². The van der Waals surface area contributed by atoms with Gasteiger partial charge in [-0.25, -0.2) is 4.99 Å². The lowest BCUT2D eigenvalue weighted by Crippen LogP contribution is -2.42. The standard InChI is InChI=1S/C12H20N2O/c1-2-5-10-6-3-4-7-11(10)14-12-13-8-9-15-12/h2,10-11H,1,3-9H2,(H,13,14)/t10?,11-/m0/s1. The lowest BCUT2D eigenvalue weighted by Gasteiger charge is -2.31. The van der Waals surface area contributed by atoms with E-state index < -0.39 is 0 Å². The molecule has 3 heteroatoms. The molecular weight excluding hydrogens is 188 g/mol. The molecule has 0 aromatic rings. The van der Waals surface area contributed by atoms with Crippen molar-refractivity contribution in [1.82, 2.24) is 5.32 Å². The minimum Gasteiger partial charge on any atom is -0.463 e. The Morgan fingerprint density at radius 3 is 3.07 bits per heavy atom. The van der Waals surface area contributed by atoms with Crippen molar-refractivity contribution in [2.75, 3.05) is 13.2 Å². The van der Waals surface area contributed by atoms with E-state index >= 15 is 0 Å². The fourth-order valence-corrected chi connectivity index (χ4v) is 2.47. The van der Waals surface area contributed by atoms with Crippen molar-refractivity contribution < 1.29 is 4.74 Å². The summed E-state index contributed by atoms with van der Waals surface area (Å²) in [5.41, 5.74) is 0. The fraction of sp³-hybridized carbons (Fsp3) is 0.750. The normalized spacial score (nSPS) is 30.5. The molecule has 0 amide bonds. The van der Waals surface area contributed by atoms with Gasteiger partial charge in [0.25, 0.3) is 6.02 Å². The van der Waals surface area contributed by atoms with E-state index in [1.54, 1.807) is 0 Å². The molecule has 84 valence electrons. The van der Waals surface area contributed by atoms with Gasteiger partial charge in [0.05, 0.1) is 6.54 Å². The number of rotatable bonds is 3. The SMILES string of the molecule is C=CCC1CCCC[C@@H]1NC1=NCCO1. The van der Waals surface area contributed by atoms with Crippen molar-refractivity contribution in [2.45, 2.75) is 38.1 Å². The Kier molecular flexibility index (Phi) is 3.64. The van der Waals surface area contributed by atoms with Crippen LogP contribution < -0.4 is 5.32 Å². The molecule has 0 saturated heterocycles. The van der Waals surface area contributed by atoms with Crippen molar-refractivity contribution in [2.24, 2.45) is 10.9 Å². The van der Waals surface area contributed by atoms with Crippen molar-refractivity contribution >= 4 is 6.02 Å². The minimum absolute atomic E-state index is 0.536. The van der Waals surface area contributed by atoms with Crippen LogP contribution >= 0.6 is 0 Å². The number of hydrogen-bond acceptors (Lipinski definition) is 3. The summed E-state index contributed by atoms with van der Waals surface area (Å²) >= 11 is 0. The van der Waals surface area contributed by atoms with Crippen molar-refractivity contribution in [1.29, 1.82) is 0 Å². The van der Waals surface area contributed by atoms with Gasteiger partial charge < -0.3 is 10.1 Å². The average Bonchev–Trinajstić information content (AvgIpc) is 2.74. The molecule has 1 saturated carbocycles. The minimum atomic E-state index is 0.536. The van der Waals surface area contributed by atoms with E-state index in [0.29, 0.717) is 12.0 Å². The first kappa shape index (κ1) is 10.5. The molecule has 15 heavy (non-hydrogen) atoms. The Hall–Kier alpha value is -0.990. The van der Waals surface area contributed by atoms with Gasteiger partial charge in [0, 0.05) is 6.04 Å². The first-order chi connectivity index (χ1) is 7.40. The second-order valence-corrected chi connectivity index (χ2v) is 4.36. The quantitative estimate of drug-likeness (QED) is 0.721. The molecule has 1 heterocycles. The fourth-order valence-electron chi connectivity index (χ4n) is 2.47. The molecule has 1 aliphatic heterocycles. The van der Waals surface area contributed by atoms with Gasteiger partial charge in [-0.05, 0) is 25.2 Å². The van der Waals surface area contributed by atoms with Gasteiger partial charge in [0.2, 0.25) is 0 Å². The number of nitrogens with one attached hydrogen (secondary N) is 1. The summed E-state index contributed by atoms with van der Waals surface area (Å²) in [5.74, 6) is 0.711. The highest BCUT2D eigenvalue weighted by molar-refractivity contribution is 5.75. The molecule has 1 fully saturated rings.